The molecule has 1 atom stereocenters. The smallest absolute Gasteiger partial charge is 0.326 e. The van der Waals surface area contributed by atoms with Gasteiger partial charge in [0, 0.05) is 39.3 Å². The summed E-state index contributed by atoms with van der Waals surface area (Å²) in [5, 5.41) is 22.4. The number of nitrogens with zero attached hydrogens (tertiary/aromatic N) is 1. The van der Waals surface area contributed by atoms with E-state index < -0.39 is 23.9 Å². The van der Waals surface area contributed by atoms with E-state index in [2.05, 4.69) is 42.5 Å². The fraction of sp³-hybridized carbons (Fsp3) is 0.739. The predicted molar refractivity (Wildman–Crippen MR) is 154 cm³/mol. The molecule has 236 valence electrons. The number of aliphatic carboxylic acids is 1. The molecule has 0 aromatic carbocycles. The number of urea groups is 1. The Hall–Kier alpha value is -2.40. The molecule has 0 aliphatic rings. The number of carboxylic acid groups (broad SMARTS) is 1. The van der Waals surface area contributed by atoms with Gasteiger partial charge in [-0.15, -0.1) is 23.2 Å². The van der Waals surface area contributed by atoms with Gasteiger partial charge in [0.25, 0.3) is 0 Å². The van der Waals surface area contributed by atoms with Crippen molar-refractivity contribution >= 4 is 74.8 Å². The van der Waals surface area contributed by atoms with Crippen molar-refractivity contribution in [3.63, 3.8) is 0 Å². The molecule has 0 aliphatic carbocycles. The third kappa shape index (κ3) is 21.9. The molecule has 0 aromatic heterocycles. The van der Waals surface area contributed by atoms with Crippen LogP contribution in [0.15, 0.2) is 0 Å². The normalized spacial score (nSPS) is 11.2. The van der Waals surface area contributed by atoms with Crippen LogP contribution in [0.1, 0.15) is 19.3 Å². The van der Waals surface area contributed by atoms with Gasteiger partial charge < -0.3 is 46.1 Å². The summed E-state index contributed by atoms with van der Waals surface area (Å²) in [6, 6.07) is -1.55. The SMILES string of the molecule is O=C(CCl)NCCN(CCNC(=O)CCl)C(=O)NCCCC[C@@H](NC(=O)COCCOCCNC(=O)CBr)C(=O)O. The molecule has 6 N–H and O–H groups in total. The molecule has 6 amide bonds. The average molecular weight is 694 g/mol. The Morgan fingerprint density at radius 2 is 1.32 bits per heavy atom. The zero-order valence-corrected chi connectivity index (χ0v) is 25.8. The number of unbranched alkanes of at least 4 members (excludes halogenated alkanes) is 1. The van der Waals surface area contributed by atoms with Crippen LogP contribution in [0.2, 0.25) is 0 Å². The van der Waals surface area contributed by atoms with Crippen LogP contribution in [0.4, 0.5) is 4.79 Å². The Labute approximate surface area is 257 Å². The van der Waals surface area contributed by atoms with Crippen LogP contribution in [0, 0.1) is 0 Å². The lowest BCUT2D eigenvalue weighted by atomic mass is 10.1. The third-order valence-electron chi connectivity index (χ3n) is 5.06. The van der Waals surface area contributed by atoms with Crippen LogP contribution in [0.5, 0.6) is 0 Å². The Morgan fingerprint density at radius 1 is 0.732 bits per heavy atom. The summed E-state index contributed by atoms with van der Waals surface area (Å²) in [5.74, 6) is -3.12. The van der Waals surface area contributed by atoms with Crippen molar-refractivity contribution in [2.45, 2.75) is 25.3 Å². The highest BCUT2D eigenvalue weighted by Gasteiger charge is 2.20. The third-order valence-corrected chi connectivity index (χ3v) is 6.06. The number of hydrogen-bond acceptors (Lipinski definition) is 8. The van der Waals surface area contributed by atoms with Crippen LogP contribution < -0.4 is 26.6 Å². The Balaban J connectivity index is 4.30. The minimum Gasteiger partial charge on any atom is -0.480 e. The van der Waals surface area contributed by atoms with Gasteiger partial charge in [-0.25, -0.2) is 9.59 Å². The Morgan fingerprint density at radius 3 is 1.88 bits per heavy atom. The van der Waals surface area contributed by atoms with E-state index in [1.165, 1.54) is 4.90 Å². The van der Waals surface area contributed by atoms with Crippen molar-refractivity contribution in [3.8, 4) is 0 Å². The van der Waals surface area contributed by atoms with E-state index in [9.17, 15) is 33.9 Å². The molecule has 0 saturated carbocycles. The fourth-order valence-corrected chi connectivity index (χ4v) is 3.43. The first-order valence-electron chi connectivity index (χ1n) is 12.8. The highest BCUT2D eigenvalue weighted by Crippen LogP contribution is 2.02. The van der Waals surface area contributed by atoms with E-state index in [0.717, 1.165) is 0 Å². The highest BCUT2D eigenvalue weighted by molar-refractivity contribution is 9.09. The van der Waals surface area contributed by atoms with Crippen LogP contribution in [0.25, 0.3) is 0 Å². The minimum absolute atomic E-state index is 0.117. The number of ether oxygens (including phenoxy) is 2. The highest BCUT2D eigenvalue weighted by atomic mass is 79.9. The van der Waals surface area contributed by atoms with Crippen molar-refractivity contribution < 1.29 is 43.3 Å². The first-order valence-corrected chi connectivity index (χ1v) is 15.0. The summed E-state index contributed by atoms with van der Waals surface area (Å²) in [6.45, 7) is 1.51. The summed E-state index contributed by atoms with van der Waals surface area (Å²) in [5.41, 5.74) is 0. The minimum atomic E-state index is -1.19. The van der Waals surface area contributed by atoms with Crippen LogP contribution in [0.3, 0.4) is 0 Å². The van der Waals surface area contributed by atoms with Gasteiger partial charge in [0.15, 0.2) is 0 Å². The summed E-state index contributed by atoms with van der Waals surface area (Å²) < 4.78 is 10.4. The van der Waals surface area contributed by atoms with E-state index in [0.29, 0.717) is 19.4 Å². The van der Waals surface area contributed by atoms with Gasteiger partial charge in [-0.1, -0.05) is 15.9 Å². The van der Waals surface area contributed by atoms with Crippen molar-refractivity contribution in [2.24, 2.45) is 0 Å². The van der Waals surface area contributed by atoms with Crippen molar-refractivity contribution in [1.29, 1.82) is 0 Å². The number of carboxylic acids is 1. The summed E-state index contributed by atoms with van der Waals surface area (Å²) in [4.78, 5) is 71.2. The molecule has 0 fully saturated rings. The van der Waals surface area contributed by atoms with Gasteiger partial charge in [0.05, 0.1) is 25.2 Å². The van der Waals surface area contributed by atoms with Crippen LogP contribution in [-0.4, -0.2) is 134 Å². The van der Waals surface area contributed by atoms with Crippen molar-refractivity contribution in [3.05, 3.63) is 0 Å². The second-order valence-corrected chi connectivity index (χ2v) is 9.38. The van der Waals surface area contributed by atoms with E-state index >= 15 is 0 Å². The maximum atomic E-state index is 12.6. The van der Waals surface area contributed by atoms with Crippen molar-refractivity contribution in [2.75, 3.05) is 82.8 Å². The van der Waals surface area contributed by atoms with Crippen molar-refractivity contribution in [1.82, 2.24) is 31.5 Å². The number of halogens is 3. The molecule has 0 aromatic rings. The Bertz CT molecular complexity index is 806. The van der Waals surface area contributed by atoms with Gasteiger partial charge in [-0.3, -0.25) is 19.2 Å². The topological polar surface area (TPSA) is 204 Å². The fourth-order valence-electron chi connectivity index (χ4n) is 3.04. The molecule has 0 rings (SSSR count). The van der Waals surface area contributed by atoms with Crippen LogP contribution >= 0.6 is 39.1 Å². The molecule has 0 unspecified atom stereocenters. The van der Waals surface area contributed by atoms with Gasteiger partial charge in [0.2, 0.25) is 23.6 Å². The lowest BCUT2D eigenvalue weighted by Gasteiger charge is -2.23. The molecule has 0 bridgehead atoms. The number of alkyl halides is 3. The molecular weight excluding hydrogens is 655 g/mol. The molecule has 15 nitrogen and oxygen atoms in total. The first-order chi connectivity index (χ1) is 19.6. The number of nitrogens with one attached hydrogen (secondary N) is 5. The molecule has 0 spiro atoms. The van der Waals surface area contributed by atoms with E-state index in [1.54, 1.807) is 0 Å². The lowest BCUT2D eigenvalue weighted by Crippen LogP contribution is -2.47. The Kier molecular flexibility index (Phi) is 23.8. The maximum absolute atomic E-state index is 12.6. The molecule has 0 heterocycles. The summed E-state index contributed by atoms with van der Waals surface area (Å²) in [6.07, 6.45) is 0.976. The number of amides is 6. The number of hydrogen-bond donors (Lipinski definition) is 6. The standard InChI is InChI=1S/C23H39BrCl2N6O9/c24-13-18(33)29-7-10-40-11-12-41-16-21(36)31-17(22(37)38)3-1-2-4-30-23(39)32(8-5-27-19(34)14-25)9-6-28-20(35)15-26/h17H,1-16H2,(H,27,34)(H,28,35)(H,29,33)(H,30,39)(H,31,36)(H,37,38)/t17-/m1/s1. The lowest BCUT2D eigenvalue weighted by molar-refractivity contribution is -0.142. The quantitative estimate of drug-likeness (QED) is 0.0541. The zero-order chi connectivity index (χ0) is 30.9. The second kappa shape index (κ2) is 25.3. The first kappa shape index (κ1) is 38.6. The summed E-state index contributed by atoms with van der Waals surface area (Å²) in [7, 11) is 0. The molecule has 0 saturated heterocycles. The van der Waals surface area contributed by atoms with E-state index in [4.69, 9.17) is 32.7 Å². The largest absolute Gasteiger partial charge is 0.480 e. The van der Waals surface area contributed by atoms with Gasteiger partial charge in [-0.2, -0.15) is 0 Å². The van der Waals surface area contributed by atoms with E-state index in [1.807, 2.05) is 0 Å². The molecule has 18 heteroatoms. The monoisotopic (exact) mass is 692 g/mol. The summed E-state index contributed by atoms with van der Waals surface area (Å²) >= 11 is 13.9. The number of carbonyl (C=O) groups excluding carboxylic acids is 5. The molecule has 0 aliphatic heterocycles. The van der Waals surface area contributed by atoms with Crippen LogP contribution in [-0.2, 0) is 33.4 Å². The molecular formula is C23H39BrCl2N6O9. The predicted octanol–water partition coefficient (Wildman–Crippen LogP) is -1.01. The second-order valence-electron chi connectivity index (χ2n) is 8.29. The average Bonchev–Trinajstić information content (AvgIpc) is 2.95. The van der Waals surface area contributed by atoms with Gasteiger partial charge in [0.1, 0.15) is 24.4 Å². The maximum Gasteiger partial charge on any atom is 0.326 e. The van der Waals surface area contributed by atoms with Gasteiger partial charge >= 0.3 is 12.0 Å². The number of rotatable bonds is 24. The zero-order valence-electron chi connectivity index (χ0n) is 22.7. The van der Waals surface area contributed by atoms with Gasteiger partial charge in [-0.05, 0) is 19.3 Å². The van der Waals surface area contributed by atoms with E-state index in [-0.39, 0.29) is 100 Å². The molecule has 0 radical (unpaired) electrons. The molecule has 41 heavy (non-hydrogen) atoms. The number of carbonyl (C=O) groups is 6.